The minimum absolute atomic E-state index is 0.0599. The van der Waals surface area contributed by atoms with Crippen LogP contribution in [0, 0.1) is 17.2 Å². The van der Waals surface area contributed by atoms with Gasteiger partial charge >= 0.3 is 0 Å². The minimum Gasteiger partial charge on any atom is -0.299 e. The molecule has 2 aromatic rings. The monoisotopic (exact) mass is 317 g/mol. The van der Waals surface area contributed by atoms with Crippen LogP contribution in [0.4, 0.5) is 0 Å². The van der Waals surface area contributed by atoms with Crippen molar-refractivity contribution in [2.75, 3.05) is 0 Å². The minimum atomic E-state index is -0.111. The molecule has 3 nitrogen and oxygen atoms in total. The molecule has 2 aromatic carbocycles. The van der Waals surface area contributed by atoms with Gasteiger partial charge in [-0.05, 0) is 30.5 Å². The van der Waals surface area contributed by atoms with E-state index in [-0.39, 0.29) is 23.4 Å². The summed E-state index contributed by atoms with van der Waals surface area (Å²) >= 11 is 0. The normalized spacial score (nSPS) is 18.1. The first kappa shape index (κ1) is 16.1. The van der Waals surface area contributed by atoms with Crippen LogP contribution in [0.3, 0.4) is 0 Å². The fourth-order valence-corrected chi connectivity index (χ4v) is 3.51. The first-order valence-electron chi connectivity index (χ1n) is 8.30. The van der Waals surface area contributed by atoms with Gasteiger partial charge in [0.15, 0.2) is 5.78 Å². The van der Waals surface area contributed by atoms with Gasteiger partial charge < -0.3 is 0 Å². The maximum Gasteiger partial charge on any atom is 0.163 e. The molecule has 0 bridgehead atoms. The molecule has 0 heterocycles. The Morgan fingerprint density at radius 2 is 1.83 bits per heavy atom. The molecule has 0 saturated heterocycles. The zero-order chi connectivity index (χ0) is 16.9. The van der Waals surface area contributed by atoms with Crippen LogP contribution in [0.2, 0.25) is 0 Å². The molecule has 2 atom stereocenters. The number of ketones is 2. The van der Waals surface area contributed by atoms with E-state index in [1.807, 2.05) is 42.5 Å². The van der Waals surface area contributed by atoms with Crippen LogP contribution in [0.15, 0.2) is 54.6 Å². The quantitative estimate of drug-likeness (QED) is 0.773. The van der Waals surface area contributed by atoms with Crippen molar-refractivity contribution in [3.05, 3.63) is 71.3 Å². The van der Waals surface area contributed by atoms with Crippen LogP contribution in [-0.2, 0) is 4.79 Å². The topological polar surface area (TPSA) is 57.9 Å². The summed E-state index contributed by atoms with van der Waals surface area (Å²) in [6, 6.07) is 18.6. The summed E-state index contributed by atoms with van der Waals surface area (Å²) in [7, 11) is 0. The molecular formula is C21H19NO2. The molecule has 0 aliphatic heterocycles. The summed E-state index contributed by atoms with van der Waals surface area (Å²) in [6.07, 6.45) is 2.67. The van der Waals surface area contributed by atoms with Crippen LogP contribution in [0.1, 0.15) is 53.1 Å². The van der Waals surface area contributed by atoms with E-state index in [4.69, 9.17) is 5.26 Å². The molecule has 0 aromatic heterocycles. The lowest BCUT2D eigenvalue weighted by molar-refractivity contribution is -0.121. The number of carbonyl (C=O) groups excluding carboxylic acids is 2. The molecule has 2 unspecified atom stereocenters. The van der Waals surface area contributed by atoms with E-state index in [0.717, 1.165) is 18.4 Å². The van der Waals surface area contributed by atoms with Gasteiger partial charge in [0.1, 0.15) is 5.78 Å². The largest absolute Gasteiger partial charge is 0.299 e. The molecule has 1 aliphatic carbocycles. The third kappa shape index (κ3) is 3.44. The van der Waals surface area contributed by atoms with Crippen molar-refractivity contribution in [3.63, 3.8) is 0 Å². The number of hydrogen-bond acceptors (Lipinski definition) is 3. The number of nitriles is 1. The van der Waals surface area contributed by atoms with Gasteiger partial charge in [-0.1, -0.05) is 42.5 Å². The standard InChI is InChI=1S/C21H19NO2/c22-14-15-9-11-16(12-10-15)19(18-7-4-8-20(18)23)13-21(24)17-5-2-1-3-6-17/h1-3,5-6,9-12,18-19H,4,7-8,13H2. The summed E-state index contributed by atoms with van der Waals surface area (Å²) < 4.78 is 0. The van der Waals surface area contributed by atoms with Crippen molar-refractivity contribution in [1.82, 2.24) is 0 Å². The highest BCUT2D eigenvalue weighted by atomic mass is 16.1. The molecule has 0 N–H and O–H groups in total. The predicted molar refractivity (Wildman–Crippen MR) is 91.6 cm³/mol. The van der Waals surface area contributed by atoms with Gasteiger partial charge in [-0.25, -0.2) is 0 Å². The number of carbonyl (C=O) groups is 2. The lowest BCUT2D eigenvalue weighted by Crippen LogP contribution is -2.20. The molecule has 1 aliphatic rings. The van der Waals surface area contributed by atoms with E-state index in [1.165, 1.54) is 0 Å². The van der Waals surface area contributed by atoms with Gasteiger partial charge in [0.2, 0.25) is 0 Å². The van der Waals surface area contributed by atoms with Crippen molar-refractivity contribution in [1.29, 1.82) is 5.26 Å². The van der Waals surface area contributed by atoms with Crippen LogP contribution >= 0.6 is 0 Å². The van der Waals surface area contributed by atoms with Crippen LogP contribution < -0.4 is 0 Å². The average molecular weight is 317 g/mol. The second-order valence-electron chi connectivity index (χ2n) is 6.30. The SMILES string of the molecule is N#Cc1ccc(C(CC(=O)c2ccccc2)C2CCCC2=O)cc1. The molecule has 24 heavy (non-hydrogen) atoms. The van der Waals surface area contributed by atoms with Crippen molar-refractivity contribution >= 4 is 11.6 Å². The first-order valence-corrected chi connectivity index (χ1v) is 8.30. The highest BCUT2D eigenvalue weighted by Crippen LogP contribution is 2.38. The maximum absolute atomic E-state index is 12.7. The molecule has 0 radical (unpaired) electrons. The summed E-state index contributed by atoms with van der Waals surface area (Å²) in [5.41, 5.74) is 2.24. The van der Waals surface area contributed by atoms with E-state index in [9.17, 15) is 9.59 Å². The molecule has 1 fully saturated rings. The summed E-state index contributed by atoms with van der Waals surface area (Å²) in [5.74, 6) is 0.112. The Balaban J connectivity index is 1.88. The molecule has 1 saturated carbocycles. The Hall–Kier alpha value is -2.73. The van der Waals surface area contributed by atoms with Gasteiger partial charge in [-0.15, -0.1) is 0 Å². The average Bonchev–Trinajstić information content (AvgIpc) is 3.06. The Morgan fingerprint density at radius 1 is 1.12 bits per heavy atom. The van der Waals surface area contributed by atoms with Gasteiger partial charge in [-0.3, -0.25) is 9.59 Å². The fraction of sp³-hybridized carbons (Fsp3) is 0.286. The fourth-order valence-electron chi connectivity index (χ4n) is 3.51. The number of nitrogens with zero attached hydrogens (tertiary/aromatic N) is 1. The maximum atomic E-state index is 12.7. The van der Waals surface area contributed by atoms with E-state index >= 15 is 0 Å². The molecule has 0 amide bonds. The highest BCUT2D eigenvalue weighted by molar-refractivity contribution is 5.97. The smallest absolute Gasteiger partial charge is 0.163 e. The van der Waals surface area contributed by atoms with Crippen LogP contribution in [-0.4, -0.2) is 11.6 Å². The van der Waals surface area contributed by atoms with E-state index in [0.29, 0.717) is 24.0 Å². The third-order valence-corrected chi connectivity index (χ3v) is 4.81. The zero-order valence-electron chi connectivity index (χ0n) is 13.4. The lowest BCUT2D eigenvalue weighted by atomic mass is 9.80. The molecular weight excluding hydrogens is 298 g/mol. The number of rotatable bonds is 5. The Kier molecular flexibility index (Phi) is 4.86. The summed E-state index contributed by atoms with van der Waals surface area (Å²) in [6.45, 7) is 0. The van der Waals surface area contributed by atoms with Crippen molar-refractivity contribution < 1.29 is 9.59 Å². The molecule has 0 spiro atoms. The Bertz CT molecular complexity index is 772. The van der Waals surface area contributed by atoms with Crippen molar-refractivity contribution in [2.24, 2.45) is 5.92 Å². The van der Waals surface area contributed by atoms with E-state index in [1.54, 1.807) is 12.1 Å². The third-order valence-electron chi connectivity index (χ3n) is 4.81. The second kappa shape index (κ2) is 7.23. The number of benzene rings is 2. The summed E-state index contributed by atoms with van der Waals surface area (Å²) in [5, 5.41) is 8.96. The number of hydrogen-bond donors (Lipinski definition) is 0. The van der Waals surface area contributed by atoms with Crippen LogP contribution in [0.5, 0.6) is 0 Å². The summed E-state index contributed by atoms with van der Waals surface area (Å²) in [4.78, 5) is 24.9. The van der Waals surface area contributed by atoms with E-state index in [2.05, 4.69) is 6.07 Å². The molecule has 120 valence electrons. The molecule has 3 rings (SSSR count). The lowest BCUT2D eigenvalue weighted by Gasteiger charge is -2.22. The number of Topliss-reactive ketones (excluding diaryl/α,β-unsaturated/α-hetero) is 2. The van der Waals surface area contributed by atoms with Gasteiger partial charge in [0.25, 0.3) is 0 Å². The van der Waals surface area contributed by atoms with Crippen molar-refractivity contribution in [3.8, 4) is 6.07 Å². The van der Waals surface area contributed by atoms with Gasteiger partial charge in [0, 0.05) is 30.2 Å². The van der Waals surface area contributed by atoms with Gasteiger partial charge in [-0.2, -0.15) is 5.26 Å². The van der Waals surface area contributed by atoms with Crippen molar-refractivity contribution in [2.45, 2.75) is 31.6 Å². The Morgan fingerprint density at radius 3 is 2.42 bits per heavy atom. The van der Waals surface area contributed by atoms with E-state index < -0.39 is 0 Å². The zero-order valence-corrected chi connectivity index (χ0v) is 13.4. The van der Waals surface area contributed by atoms with Gasteiger partial charge in [0.05, 0.1) is 11.6 Å². The van der Waals surface area contributed by atoms with Crippen LogP contribution in [0.25, 0.3) is 0 Å². The molecule has 3 heteroatoms. The first-order chi connectivity index (χ1) is 11.7. The highest BCUT2D eigenvalue weighted by Gasteiger charge is 2.34. The second-order valence-corrected chi connectivity index (χ2v) is 6.30. The predicted octanol–water partition coefficient (Wildman–Crippen LogP) is 4.28. The Labute approximate surface area is 141 Å².